The molecule has 0 atom stereocenters. The molecule has 0 saturated carbocycles. The molecule has 0 radical (unpaired) electrons. The molecule has 8 heteroatoms. The molecule has 31 heavy (non-hydrogen) atoms. The molecule has 4 rings (SSSR count). The summed E-state index contributed by atoms with van der Waals surface area (Å²) in [6.45, 7) is 5.47. The second-order valence-electron chi connectivity index (χ2n) is 7.32. The topological polar surface area (TPSA) is 81.2 Å². The van der Waals surface area contributed by atoms with Gasteiger partial charge in [-0.2, -0.15) is 0 Å². The van der Waals surface area contributed by atoms with Gasteiger partial charge in [0.15, 0.2) is 0 Å². The molecule has 0 aliphatic carbocycles. The number of fused-ring (bicyclic) bond motifs is 1. The van der Waals surface area contributed by atoms with Crippen LogP contribution in [0.2, 0.25) is 5.02 Å². The van der Waals surface area contributed by atoms with Gasteiger partial charge < -0.3 is 4.74 Å². The molecule has 0 fully saturated rings. The summed E-state index contributed by atoms with van der Waals surface area (Å²) in [5, 5.41) is 2.12. The zero-order chi connectivity index (χ0) is 22.2. The third kappa shape index (κ3) is 4.47. The Balaban J connectivity index is 1.58. The lowest BCUT2D eigenvalue weighted by Crippen LogP contribution is -2.16. The largest absolute Gasteiger partial charge is 0.419 e. The molecular formula is C23H20ClN3O3S. The fourth-order valence-corrected chi connectivity index (χ4v) is 5.27. The molecule has 2 heterocycles. The van der Waals surface area contributed by atoms with Crippen molar-refractivity contribution in [2.45, 2.75) is 25.7 Å². The van der Waals surface area contributed by atoms with Crippen LogP contribution in [0.4, 0.5) is 5.69 Å². The van der Waals surface area contributed by atoms with Crippen molar-refractivity contribution in [1.29, 1.82) is 0 Å². The summed E-state index contributed by atoms with van der Waals surface area (Å²) in [5.74, 6) is 0.474. The highest BCUT2D eigenvalue weighted by Crippen LogP contribution is 2.31. The molecule has 4 aromatic rings. The summed E-state index contributed by atoms with van der Waals surface area (Å²) in [6.07, 6.45) is 3.06. The first-order chi connectivity index (χ1) is 14.7. The first-order valence-electron chi connectivity index (χ1n) is 9.52. The normalized spacial score (nSPS) is 11.5. The Morgan fingerprint density at radius 3 is 2.26 bits per heavy atom. The third-order valence-corrected chi connectivity index (χ3v) is 6.70. The van der Waals surface area contributed by atoms with E-state index in [-0.39, 0.29) is 21.5 Å². The third-order valence-electron chi connectivity index (χ3n) is 4.74. The summed E-state index contributed by atoms with van der Waals surface area (Å²) in [6, 6.07) is 14.7. The number of hydrogen-bond acceptors (Lipinski definition) is 5. The van der Waals surface area contributed by atoms with Crippen LogP contribution in [0.3, 0.4) is 0 Å². The van der Waals surface area contributed by atoms with E-state index in [0.29, 0.717) is 17.0 Å². The highest BCUT2D eigenvalue weighted by Gasteiger charge is 2.21. The molecule has 0 aliphatic heterocycles. The number of halogens is 1. The molecule has 0 amide bonds. The Labute approximate surface area is 185 Å². The maximum atomic E-state index is 12.9. The van der Waals surface area contributed by atoms with Crippen LogP contribution in [0.5, 0.6) is 11.8 Å². The average molecular weight is 454 g/mol. The Kier molecular flexibility index (Phi) is 5.56. The van der Waals surface area contributed by atoms with Gasteiger partial charge in [-0.05, 0) is 43.4 Å². The van der Waals surface area contributed by atoms with E-state index in [1.807, 2.05) is 43.3 Å². The van der Waals surface area contributed by atoms with Crippen LogP contribution in [-0.4, -0.2) is 18.4 Å². The van der Waals surface area contributed by atoms with Gasteiger partial charge in [-0.15, -0.1) is 0 Å². The SMILES string of the molecule is Cc1cc(C)c(S(=O)(=O)Nc2cnc(Oc3cc4ccccc4cn3)c(Cl)c2)c(C)c1. The van der Waals surface area contributed by atoms with Crippen molar-refractivity contribution in [3.63, 3.8) is 0 Å². The zero-order valence-corrected chi connectivity index (χ0v) is 18.8. The molecule has 0 bridgehead atoms. The number of aromatic nitrogens is 2. The van der Waals surface area contributed by atoms with E-state index in [1.165, 1.54) is 12.3 Å². The molecule has 1 N–H and O–H groups in total. The van der Waals surface area contributed by atoms with E-state index in [9.17, 15) is 8.42 Å². The van der Waals surface area contributed by atoms with E-state index in [4.69, 9.17) is 16.3 Å². The fourth-order valence-electron chi connectivity index (χ4n) is 3.57. The minimum absolute atomic E-state index is 0.134. The molecule has 0 saturated heterocycles. The van der Waals surface area contributed by atoms with Crippen molar-refractivity contribution in [2.24, 2.45) is 0 Å². The first kappa shape index (κ1) is 21.1. The van der Waals surface area contributed by atoms with Crippen LogP contribution in [0.25, 0.3) is 10.8 Å². The summed E-state index contributed by atoms with van der Waals surface area (Å²) in [5.41, 5.74) is 2.59. The standard InChI is InChI=1S/C23H20ClN3O3S/c1-14-8-15(2)22(16(3)9-14)31(28,29)27-19-11-20(24)23(26-13-19)30-21-10-17-6-4-5-7-18(17)12-25-21/h4-13,27H,1-3H3. The second-order valence-corrected chi connectivity index (χ2v) is 9.34. The van der Waals surface area contributed by atoms with E-state index in [2.05, 4.69) is 14.7 Å². The van der Waals surface area contributed by atoms with E-state index >= 15 is 0 Å². The number of aryl methyl sites for hydroxylation is 3. The van der Waals surface area contributed by atoms with Crippen molar-refractivity contribution in [3.8, 4) is 11.8 Å². The predicted molar refractivity (Wildman–Crippen MR) is 123 cm³/mol. The number of rotatable bonds is 5. The fraction of sp³-hybridized carbons (Fsp3) is 0.130. The summed E-state index contributed by atoms with van der Waals surface area (Å²) in [7, 11) is -3.81. The molecule has 0 aliphatic rings. The van der Waals surface area contributed by atoms with Crippen LogP contribution < -0.4 is 9.46 Å². The predicted octanol–water partition coefficient (Wildman–Crippen LogP) is 5.80. The lowest BCUT2D eigenvalue weighted by molar-refractivity contribution is 0.446. The van der Waals surface area contributed by atoms with Crippen LogP contribution in [0, 0.1) is 20.8 Å². The molecule has 0 unspecified atom stereocenters. The van der Waals surface area contributed by atoms with Gasteiger partial charge in [-0.1, -0.05) is 53.6 Å². The monoisotopic (exact) mass is 453 g/mol. The van der Waals surface area contributed by atoms with Crippen LogP contribution in [0.1, 0.15) is 16.7 Å². The summed E-state index contributed by atoms with van der Waals surface area (Å²) in [4.78, 5) is 8.67. The van der Waals surface area contributed by atoms with Gasteiger partial charge in [0.2, 0.25) is 11.8 Å². The van der Waals surface area contributed by atoms with E-state index in [1.54, 1.807) is 26.1 Å². The Morgan fingerprint density at radius 1 is 0.903 bits per heavy atom. The van der Waals surface area contributed by atoms with Gasteiger partial charge in [-0.25, -0.2) is 18.4 Å². The highest BCUT2D eigenvalue weighted by atomic mass is 35.5. The molecule has 6 nitrogen and oxygen atoms in total. The van der Waals surface area contributed by atoms with Gasteiger partial charge in [0.25, 0.3) is 10.0 Å². The number of nitrogens with zero attached hydrogens (tertiary/aromatic N) is 2. The Bertz CT molecular complexity index is 1380. The number of sulfonamides is 1. The number of benzene rings is 2. The van der Waals surface area contributed by atoms with Gasteiger partial charge in [-0.3, -0.25) is 4.72 Å². The van der Waals surface area contributed by atoms with Crippen molar-refractivity contribution in [3.05, 3.63) is 82.6 Å². The Hall–Kier alpha value is -3.16. The highest BCUT2D eigenvalue weighted by molar-refractivity contribution is 7.92. The smallest absolute Gasteiger partial charge is 0.262 e. The number of ether oxygens (including phenoxy) is 1. The van der Waals surface area contributed by atoms with E-state index < -0.39 is 10.0 Å². The maximum Gasteiger partial charge on any atom is 0.262 e. The van der Waals surface area contributed by atoms with Crippen molar-refractivity contribution < 1.29 is 13.2 Å². The van der Waals surface area contributed by atoms with Gasteiger partial charge in [0.1, 0.15) is 5.02 Å². The quantitative estimate of drug-likeness (QED) is 0.413. The number of nitrogens with one attached hydrogen (secondary N) is 1. The molecule has 2 aromatic heterocycles. The summed E-state index contributed by atoms with van der Waals surface area (Å²) >= 11 is 6.31. The van der Waals surface area contributed by atoms with Crippen molar-refractivity contribution in [2.75, 3.05) is 4.72 Å². The molecule has 0 spiro atoms. The minimum atomic E-state index is -3.81. The van der Waals surface area contributed by atoms with Gasteiger partial charge in [0.05, 0.1) is 16.8 Å². The summed E-state index contributed by atoms with van der Waals surface area (Å²) < 4.78 is 34.1. The van der Waals surface area contributed by atoms with Crippen LogP contribution >= 0.6 is 11.6 Å². The second kappa shape index (κ2) is 8.17. The zero-order valence-electron chi connectivity index (χ0n) is 17.2. The number of pyridine rings is 2. The molecule has 2 aromatic carbocycles. The van der Waals surface area contributed by atoms with E-state index in [0.717, 1.165) is 16.3 Å². The van der Waals surface area contributed by atoms with Crippen molar-refractivity contribution in [1.82, 2.24) is 9.97 Å². The lowest BCUT2D eigenvalue weighted by atomic mass is 10.1. The number of hydrogen-bond donors (Lipinski definition) is 1. The first-order valence-corrected chi connectivity index (χ1v) is 11.4. The molecular weight excluding hydrogens is 434 g/mol. The van der Waals surface area contributed by atoms with Crippen LogP contribution in [0.15, 0.2) is 65.8 Å². The molecule has 158 valence electrons. The minimum Gasteiger partial charge on any atom is -0.419 e. The maximum absolute atomic E-state index is 12.9. The average Bonchev–Trinajstić information content (AvgIpc) is 2.68. The van der Waals surface area contributed by atoms with Crippen LogP contribution in [-0.2, 0) is 10.0 Å². The lowest BCUT2D eigenvalue weighted by Gasteiger charge is -2.14. The number of anilines is 1. The van der Waals surface area contributed by atoms with Crippen molar-refractivity contribution >= 4 is 38.1 Å². The van der Waals surface area contributed by atoms with Gasteiger partial charge in [0, 0.05) is 17.6 Å². The Morgan fingerprint density at radius 2 is 1.58 bits per heavy atom. The van der Waals surface area contributed by atoms with Gasteiger partial charge >= 0.3 is 0 Å².